The van der Waals surface area contributed by atoms with Gasteiger partial charge in [0.05, 0.1) is 12.5 Å². The average Bonchev–Trinajstić information content (AvgIpc) is 2.90. The van der Waals surface area contributed by atoms with Crippen molar-refractivity contribution in [3.8, 4) is 5.75 Å². The van der Waals surface area contributed by atoms with Gasteiger partial charge in [0, 0.05) is 6.42 Å². The second-order valence-electron chi connectivity index (χ2n) is 10.3. The van der Waals surface area contributed by atoms with Crippen molar-refractivity contribution in [3.63, 3.8) is 0 Å². The third kappa shape index (κ3) is 12.5. The molecule has 0 heterocycles. The summed E-state index contributed by atoms with van der Waals surface area (Å²) in [6, 6.07) is -0.536. The first-order chi connectivity index (χ1) is 19.7. The molecule has 15 nitrogen and oxygen atoms in total. The molecule has 1 rings (SSSR count). The number of carboxylic acids is 2. The van der Waals surface area contributed by atoms with Crippen molar-refractivity contribution in [3.05, 3.63) is 29.8 Å². The number of carbonyl (C=O) groups excluding carboxylic acids is 4. The second-order valence-corrected chi connectivity index (χ2v) is 10.3. The summed E-state index contributed by atoms with van der Waals surface area (Å²) in [6.07, 6.45) is 0.250. The molecular weight excluding hydrogens is 552 g/mol. The van der Waals surface area contributed by atoms with Gasteiger partial charge in [0.1, 0.15) is 29.9 Å². The normalized spacial score (nSPS) is 14.5. The summed E-state index contributed by atoms with van der Waals surface area (Å²) in [6.45, 7) is 4.90. The number of carbonyl (C=O) groups is 6. The quantitative estimate of drug-likeness (QED) is 0.0889. The van der Waals surface area contributed by atoms with Crippen LogP contribution in [0.3, 0.4) is 0 Å². The van der Waals surface area contributed by atoms with Crippen LogP contribution in [0.1, 0.15) is 52.0 Å². The zero-order chi connectivity index (χ0) is 32.0. The first-order valence-corrected chi connectivity index (χ1v) is 13.6. The van der Waals surface area contributed by atoms with Gasteiger partial charge in [-0.1, -0.05) is 26.0 Å². The maximum atomic E-state index is 13.4. The van der Waals surface area contributed by atoms with E-state index in [1.54, 1.807) is 13.8 Å². The Balaban J connectivity index is 3.21. The maximum absolute atomic E-state index is 13.4. The van der Waals surface area contributed by atoms with Crippen LogP contribution < -0.4 is 32.7 Å². The van der Waals surface area contributed by atoms with E-state index in [-0.39, 0.29) is 18.6 Å². The van der Waals surface area contributed by atoms with E-state index in [4.69, 9.17) is 11.5 Å². The summed E-state index contributed by atoms with van der Waals surface area (Å²) >= 11 is 0. The summed E-state index contributed by atoms with van der Waals surface area (Å²) in [5.41, 5.74) is 11.5. The standard InChI is InChI=1S/C27H42N6O9/c1-14(2)22(33-25(39)20(13-21(35)36)31-23(37)15(3)29)26(40)32-19(12-16-7-9-17(34)10-8-16)24(38)30-18(27(41)42)6-4-5-11-28/h7-10,14-15,18-20,22,34H,4-6,11-13,28-29H2,1-3H3,(H,30,38)(H,31,37)(H,32,40)(H,33,39)(H,35,36)(H,41,42)/t15-,18-,19-,20-,22-/m0/s1. The van der Waals surface area contributed by atoms with Crippen LogP contribution >= 0.6 is 0 Å². The van der Waals surface area contributed by atoms with Gasteiger partial charge in [-0.2, -0.15) is 0 Å². The molecule has 15 heteroatoms. The van der Waals surface area contributed by atoms with Crippen LogP contribution in [-0.2, 0) is 35.2 Å². The smallest absolute Gasteiger partial charge is 0.326 e. The number of benzene rings is 1. The van der Waals surface area contributed by atoms with Crippen LogP contribution in [0.15, 0.2) is 24.3 Å². The van der Waals surface area contributed by atoms with E-state index in [0.717, 1.165) is 0 Å². The van der Waals surface area contributed by atoms with Crippen LogP contribution in [0.4, 0.5) is 0 Å². The fraction of sp³-hybridized carbons (Fsp3) is 0.556. The predicted molar refractivity (Wildman–Crippen MR) is 151 cm³/mol. The molecule has 0 aliphatic carbocycles. The number of nitrogens with two attached hydrogens (primary N) is 2. The highest BCUT2D eigenvalue weighted by Gasteiger charge is 2.33. The van der Waals surface area contributed by atoms with E-state index in [1.165, 1.54) is 31.2 Å². The SMILES string of the molecule is CC(C)[C@H](NC(=O)[C@H](CC(=O)O)NC(=O)[C@H](C)N)C(=O)N[C@@H](Cc1ccc(O)cc1)C(=O)N[C@@H](CCCCN)C(=O)O. The molecule has 42 heavy (non-hydrogen) atoms. The third-order valence-electron chi connectivity index (χ3n) is 6.24. The van der Waals surface area contributed by atoms with Crippen molar-refractivity contribution in [2.24, 2.45) is 17.4 Å². The zero-order valence-corrected chi connectivity index (χ0v) is 24.0. The average molecular weight is 595 g/mol. The number of aliphatic carboxylic acids is 2. The summed E-state index contributed by atoms with van der Waals surface area (Å²) in [5.74, 6) is -6.54. The predicted octanol–water partition coefficient (Wildman–Crippen LogP) is -1.43. The van der Waals surface area contributed by atoms with Crippen molar-refractivity contribution in [1.82, 2.24) is 21.3 Å². The van der Waals surface area contributed by atoms with E-state index in [2.05, 4.69) is 21.3 Å². The van der Waals surface area contributed by atoms with Crippen molar-refractivity contribution < 1.29 is 44.1 Å². The van der Waals surface area contributed by atoms with Gasteiger partial charge >= 0.3 is 11.9 Å². The largest absolute Gasteiger partial charge is 0.508 e. The minimum atomic E-state index is -1.53. The Labute approximate surface area is 243 Å². The highest BCUT2D eigenvalue weighted by Crippen LogP contribution is 2.13. The van der Waals surface area contributed by atoms with Crippen molar-refractivity contribution in [1.29, 1.82) is 0 Å². The molecule has 1 aromatic rings. The van der Waals surface area contributed by atoms with Gasteiger partial charge in [0.2, 0.25) is 23.6 Å². The van der Waals surface area contributed by atoms with Gasteiger partial charge in [0.25, 0.3) is 0 Å². The van der Waals surface area contributed by atoms with E-state index in [0.29, 0.717) is 24.9 Å². The Morgan fingerprint density at radius 1 is 0.762 bits per heavy atom. The van der Waals surface area contributed by atoms with Crippen LogP contribution in [0.25, 0.3) is 0 Å². The van der Waals surface area contributed by atoms with Crippen LogP contribution in [-0.4, -0.2) is 87.6 Å². The van der Waals surface area contributed by atoms with Gasteiger partial charge in [-0.25, -0.2) is 4.79 Å². The first-order valence-electron chi connectivity index (χ1n) is 13.6. The zero-order valence-electron chi connectivity index (χ0n) is 24.0. The monoisotopic (exact) mass is 594 g/mol. The lowest BCUT2D eigenvalue weighted by Gasteiger charge is -2.28. The van der Waals surface area contributed by atoms with Crippen LogP contribution in [0.2, 0.25) is 0 Å². The third-order valence-corrected chi connectivity index (χ3v) is 6.24. The molecule has 0 saturated heterocycles. The molecule has 1 aromatic carbocycles. The molecule has 0 fully saturated rings. The number of unbranched alkanes of at least 4 members (excludes halogenated alkanes) is 1. The van der Waals surface area contributed by atoms with E-state index >= 15 is 0 Å². The van der Waals surface area contributed by atoms with E-state index in [1.807, 2.05) is 0 Å². The topological polar surface area (TPSA) is 263 Å². The summed E-state index contributed by atoms with van der Waals surface area (Å²) in [7, 11) is 0. The molecule has 0 aromatic heterocycles. The maximum Gasteiger partial charge on any atom is 0.326 e. The fourth-order valence-electron chi connectivity index (χ4n) is 3.84. The molecule has 0 unspecified atom stereocenters. The Bertz CT molecular complexity index is 1090. The number of phenols is 1. The molecule has 0 saturated carbocycles. The van der Waals surface area contributed by atoms with E-state index in [9.17, 15) is 44.1 Å². The number of nitrogens with one attached hydrogen (secondary N) is 4. The minimum absolute atomic E-state index is 0.0238. The minimum Gasteiger partial charge on any atom is -0.508 e. The number of aromatic hydroxyl groups is 1. The number of hydrogen-bond donors (Lipinski definition) is 9. The highest BCUT2D eigenvalue weighted by molar-refractivity contribution is 5.96. The second kappa shape index (κ2) is 17.5. The highest BCUT2D eigenvalue weighted by atomic mass is 16.4. The molecule has 0 bridgehead atoms. The van der Waals surface area contributed by atoms with Gasteiger partial charge in [-0.3, -0.25) is 24.0 Å². The Hall–Kier alpha value is -4.24. The molecule has 5 atom stereocenters. The summed E-state index contributed by atoms with van der Waals surface area (Å²) < 4.78 is 0. The summed E-state index contributed by atoms with van der Waals surface area (Å²) in [4.78, 5) is 74.7. The van der Waals surface area contributed by atoms with Gasteiger partial charge in [-0.05, 0) is 56.3 Å². The molecule has 234 valence electrons. The van der Waals surface area contributed by atoms with Crippen molar-refractivity contribution in [2.45, 2.75) is 83.1 Å². The van der Waals surface area contributed by atoms with Crippen LogP contribution in [0.5, 0.6) is 5.75 Å². The molecule has 0 radical (unpaired) electrons. The van der Waals surface area contributed by atoms with Crippen LogP contribution in [0, 0.1) is 5.92 Å². The van der Waals surface area contributed by atoms with E-state index < -0.39 is 78.1 Å². The fourth-order valence-corrected chi connectivity index (χ4v) is 3.84. The molecule has 0 aliphatic rings. The van der Waals surface area contributed by atoms with Gasteiger partial charge < -0.3 is 48.1 Å². The number of carboxylic acid groups (broad SMARTS) is 2. The molecule has 4 amide bonds. The molecule has 0 spiro atoms. The Morgan fingerprint density at radius 2 is 1.31 bits per heavy atom. The molecule has 11 N–H and O–H groups in total. The Morgan fingerprint density at radius 3 is 1.81 bits per heavy atom. The first kappa shape index (κ1) is 35.8. The number of amides is 4. The lowest BCUT2D eigenvalue weighted by atomic mass is 9.99. The Kier molecular flexibility index (Phi) is 15.0. The number of phenolic OH excluding ortho intramolecular Hbond substituents is 1. The summed E-state index contributed by atoms with van der Waals surface area (Å²) in [5, 5.41) is 38.1. The lowest BCUT2D eigenvalue weighted by Crippen LogP contribution is -2.60. The number of rotatable bonds is 18. The van der Waals surface area contributed by atoms with Gasteiger partial charge in [-0.15, -0.1) is 0 Å². The van der Waals surface area contributed by atoms with Gasteiger partial charge in [0.15, 0.2) is 0 Å². The molecular formula is C27H42N6O9. The molecule has 0 aliphatic heterocycles. The lowest BCUT2D eigenvalue weighted by molar-refractivity contribution is -0.142. The van der Waals surface area contributed by atoms with Crippen molar-refractivity contribution >= 4 is 35.6 Å². The van der Waals surface area contributed by atoms with Crippen molar-refractivity contribution in [2.75, 3.05) is 6.54 Å². The number of hydrogen-bond acceptors (Lipinski definition) is 9.